The molecule has 3 aliphatic rings. The van der Waals surface area contributed by atoms with Crippen molar-refractivity contribution in [3.63, 3.8) is 0 Å². The third-order valence-electron chi connectivity index (χ3n) is 5.21. The number of rotatable bonds is 0. The van der Waals surface area contributed by atoms with Crippen LogP contribution in [0.4, 0.5) is 0 Å². The van der Waals surface area contributed by atoms with Gasteiger partial charge in [0.1, 0.15) is 0 Å². The molecule has 15 heavy (non-hydrogen) atoms. The summed E-state index contributed by atoms with van der Waals surface area (Å²) in [7, 11) is 0. The topological polar surface area (TPSA) is 23.1 Å². The van der Waals surface area contributed by atoms with Gasteiger partial charge in [-0.1, -0.05) is 6.92 Å². The lowest BCUT2D eigenvalue weighted by atomic mass is 9.75. The van der Waals surface area contributed by atoms with E-state index in [1.54, 1.807) is 0 Å². The highest BCUT2D eigenvalue weighted by atomic mass is 16.6. The van der Waals surface area contributed by atoms with Crippen LogP contribution in [0.2, 0.25) is 0 Å². The summed E-state index contributed by atoms with van der Waals surface area (Å²) in [6.07, 6.45) is 9.89. The standard InChI is InChI=1S/C13H23NO/c1-10-8-12-6-2-4-11-5-3-7-13(9-10)14(11,12)15/h10-13H,2-9H2,1H3/t10?,11?,12-,13-,14?/m1/s1. The van der Waals surface area contributed by atoms with Crippen LogP contribution in [0.5, 0.6) is 0 Å². The highest BCUT2D eigenvalue weighted by Gasteiger charge is 2.50. The number of hydrogen-bond donors (Lipinski definition) is 0. The average Bonchev–Trinajstić information content (AvgIpc) is 2.19. The smallest absolute Gasteiger partial charge is 0.0894 e. The molecule has 3 fully saturated rings. The monoisotopic (exact) mass is 209 g/mol. The fourth-order valence-corrected chi connectivity index (χ4v) is 4.61. The summed E-state index contributed by atoms with van der Waals surface area (Å²) < 4.78 is 0.240. The molecular formula is C13H23NO. The molecule has 0 bridgehead atoms. The first-order chi connectivity index (χ1) is 7.21. The maximum atomic E-state index is 13.1. The minimum atomic E-state index is 0.240. The predicted molar refractivity (Wildman–Crippen MR) is 61.1 cm³/mol. The van der Waals surface area contributed by atoms with Crippen LogP contribution in [0.1, 0.15) is 58.3 Å². The Labute approximate surface area is 92.8 Å². The van der Waals surface area contributed by atoms with Crippen LogP contribution in [-0.4, -0.2) is 22.8 Å². The predicted octanol–water partition coefficient (Wildman–Crippen LogP) is 3.20. The van der Waals surface area contributed by atoms with Crippen LogP contribution < -0.4 is 0 Å². The normalized spacial score (nSPS) is 54.8. The van der Waals surface area contributed by atoms with E-state index < -0.39 is 0 Å². The second-order valence-corrected chi connectivity index (χ2v) is 6.16. The summed E-state index contributed by atoms with van der Waals surface area (Å²) >= 11 is 0. The van der Waals surface area contributed by atoms with Crippen LogP contribution in [0, 0.1) is 11.1 Å². The van der Waals surface area contributed by atoms with Crippen molar-refractivity contribution >= 4 is 0 Å². The first-order valence-corrected chi connectivity index (χ1v) is 6.80. The Kier molecular flexibility index (Phi) is 2.33. The van der Waals surface area contributed by atoms with Gasteiger partial charge < -0.3 is 9.85 Å². The van der Waals surface area contributed by atoms with E-state index in [9.17, 15) is 5.21 Å². The van der Waals surface area contributed by atoms with Crippen molar-refractivity contribution in [3.8, 4) is 0 Å². The third-order valence-corrected chi connectivity index (χ3v) is 5.21. The fourth-order valence-electron chi connectivity index (χ4n) is 4.61. The molecule has 3 rings (SSSR count). The van der Waals surface area contributed by atoms with Crippen LogP contribution in [-0.2, 0) is 0 Å². The van der Waals surface area contributed by atoms with E-state index in [0.29, 0.717) is 18.1 Å². The number of hydroxylamine groups is 3. The summed E-state index contributed by atoms with van der Waals surface area (Å²) in [6.45, 7) is 2.35. The maximum absolute atomic E-state index is 13.1. The lowest BCUT2D eigenvalue weighted by molar-refractivity contribution is -0.968. The minimum absolute atomic E-state index is 0.240. The van der Waals surface area contributed by atoms with Gasteiger partial charge in [0, 0.05) is 12.8 Å². The molecule has 3 aliphatic heterocycles. The van der Waals surface area contributed by atoms with Crippen molar-refractivity contribution in [3.05, 3.63) is 5.21 Å². The van der Waals surface area contributed by atoms with Gasteiger partial charge in [0.25, 0.3) is 0 Å². The molecule has 2 nitrogen and oxygen atoms in total. The molecule has 0 amide bonds. The molecule has 2 heteroatoms. The van der Waals surface area contributed by atoms with Crippen molar-refractivity contribution in [2.24, 2.45) is 5.92 Å². The van der Waals surface area contributed by atoms with E-state index in [2.05, 4.69) is 6.92 Å². The molecule has 0 N–H and O–H groups in total. The Balaban J connectivity index is 1.92. The third kappa shape index (κ3) is 1.38. The highest BCUT2D eigenvalue weighted by molar-refractivity contribution is 4.87. The van der Waals surface area contributed by atoms with E-state index in [1.807, 2.05) is 0 Å². The van der Waals surface area contributed by atoms with E-state index in [-0.39, 0.29) is 4.65 Å². The maximum Gasteiger partial charge on any atom is 0.0894 e. The van der Waals surface area contributed by atoms with Gasteiger partial charge >= 0.3 is 0 Å². The molecule has 0 unspecified atom stereocenters. The molecule has 0 spiro atoms. The van der Waals surface area contributed by atoms with Crippen molar-refractivity contribution in [2.75, 3.05) is 0 Å². The van der Waals surface area contributed by atoms with Gasteiger partial charge in [-0.15, -0.1) is 0 Å². The zero-order valence-corrected chi connectivity index (χ0v) is 9.82. The van der Waals surface area contributed by atoms with Gasteiger partial charge in [-0.2, -0.15) is 0 Å². The molecule has 3 saturated heterocycles. The Bertz CT molecular complexity index is 233. The highest BCUT2D eigenvalue weighted by Crippen LogP contribution is 2.47. The summed E-state index contributed by atoms with van der Waals surface area (Å²) in [5.74, 6) is 0.803. The summed E-state index contributed by atoms with van der Waals surface area (Å²) in [5.41, 5.74) is 0. The number of quaternary nitrogens is 1. The van der Waals surface area contributed by atoms with Crippen LogP contribution in [0.15, 0.2) is 0 Å². The molecular weight excluding hydrogens is 186 g/mol. The number of nitrogens with zero attached hydrogens (tertiary/aromatic N) is 1. The van der Waals surface area contributed by atoms with Crippen LogP contribution >= 0.6 is 0 Å². The van der Waals surface area contributed by atoms with E-state index in [4.69, 9.17) is 0 Å². The molecule has 0 radical (unpaired) electrons. The quantitative estimate of drug-likeness (QED) is 0.444. The van der Waals surface area contributed by atoms with Gasteiger partial charge in [0.2, 0.25) is 0 Å². The van der Waals surface area contributed by atoms with Gasteiger partial charge in [-0.3, -0.25) is 0 Å². The van der Waals surface area contributed by atoms with Gasteiger partial charge in [0.15, 0.2) is 0 Å². The minimum Gasteiger partial charge on any atom is -0.632 e. The molecule has 0 aromatic rings. The molecule has 2 atom stereocenters. The van der Waals surface area contributed by atoms with Crippen molar-refractivity contribution in [1.82, 2.24) is 0 Å². The number of hydrogen-bond acceptors (Lipinski definition) is 1. The Morgan fingerprint density at radius 3 is 1.87 bits per heavy atom. The molecule has 0 saturated carbocycles. The van der Waals surface area contributed by atoms with Crippen molar-refractivity contribution in [2.45, 2.75) is 76.4 Å². The van der Waals surface area contributed by atoms with E-state index >= 15 is 0 Å². The van der Waals surface area contributed by atoms with Crippen molar-refractivity contribution < 1.29 is 4.65 Å². The Morgan fingerprint density at radius 2 is 1.33 bits per heavy atom. The van der Waals surface area contributed by atoms with Crippen LogP contribution in [0.3, 0.4) is 0 Å². The molecule has 0 aromatic carbocycles. The zero-order valence-electron chi connectivity index (χ0n) is 9.82. The Hall–Kier alpha value is -0.0800. The first kappa shape index (κ1) is 10.1. The van der Waals surface area contributed by atoms with Gasteiger partial charge in [0.05, 0.1) is 18.1 Å². The van der Waals surface area contributed by atoms with E-state index in [0.717, 1.165) is 5.92 Å². The van der Waals surface area contributed by atoms with E-state index in [1.165, 1.54) is 51.4 Å². The average molecular weight is 209 g/mol. The molecule has 3 heterocycles. The summed E-state index contributed by atoms with van der Waals surface area (Å²) in [4.78, 5) is 0. The summed E-state index contributed by atoms with van der Waals surface area (Å²) in [5, 5.41) is 13.1. The lowest BCUT2D eigenvalue weighted by Crippen LogP contribution is -2.68. The van der Waals surface area contributed by atoms with Crippen molar-refractivity contribution in [1.29, 1.82) is 0 Å². The SMILES string of the molecule is CC1C[C@H]2CCCC3CCC[C@H](C1)[N+]32[O-]. The van der Waals surface area contributed by atoms with Crippen LogP contribution in [0.25, 0.3) is 0 Å². The fraction of sp³-hybridized carbons (Fsp3) is 1.00. The lowest BCUT2D eigenvalue weighted by Gasteiger charge is -2.65. The molecule has 0 aliphatic carbocycles. The largest absolute Gasteiger partial charge is 0.632 e. The number of piperidine rings is 3. The molecule has 86 valence electrons. The molecule has 0 aromatic heterocycles. The zero-order chi connectivity index (χ0) is 10.5. The van der Waals surface area contributed by atoms with Gasteiger partial charge in [-0.05, 0) is 44.4 Å². The second kappa shape index (κ2) is 3.46. The second-order valence-electron chi connectivity index (χ2n) is 6.16. The Morgan fingerprint density at radius 1 is 0.867 bits per heavy atom. The summed E-state index contributed by atoms with van der Waals surface area (Å²) in [6, 6.07) is 1.42. The van der Waals surface area contributed by atoms with Gasteiger partial charge in [-0.25, -0.2) is 0 Å². The first-order valence-electron chi connectivity index (χ1n) is 6.80.